The molecule has 17 heavy (non-hydrogen) atoms. The lowest BCUT2D eigenvalue weighted by molar-refractivity contribution is 0.430. The average Bonchev–Trinajstić information content (AvgIpc) is 2.39. The quantitative estimate of drug-likeness (QED) is 0.738. The summed E-state index contributed by atoms with van der Waals surface area (Å²) in [5, 5.41) is 1.44. The van der Waals surface area contributed by atoms with E-state index in [2.05, 4.69) is 23.4 Å². The van der Waals surface area contributed by atoms with Gasteiger partial charge in [-0.3, -0.25) is 0 Å². The monoisotopic (exact) mass is 267 g/mol. The molecule has 1 fully saturated rings. The fourth-order valence-electron chi connectivity index (χ4n) is 2.25. The largest absolute Gasteiger partial charge is 0.244 e. The van der Waals surface area contributed by atoms with Gasteiger partial charge in [0.15, 0.2) is 0 Å². The first-order chi connectivity index (χ1) is 8.28. The van der Waals surface area contributed by atoms with Gasteiger partial charge in [0.05, 0.1) is 0 Å². The molecule has 1 saturated carbocycles. The number of aromatic nitrogens is 1. The Kier molecular flexibility index (Phi) is 4.93. The van der Waals surface area contributed by atoms with Crippen molar-refractivity contribution in [3.63, 3.8) is 0 Å². The Hall–Kier alpha value is -0.470. The molecule has 0 atom stereocenters. The van der Waals surface area contributed by atoms with Crippen LogP contribution in [0.3, 0.4) is 0 Å². The first-order valence-electron chi connectivity index (χ1n) is 6.10. The second kappa shape index (κ2) is 6.46. The van der Waals surface area contributed by atoms with Crippen molar-refractivity contribution in [2.24, 2.45) is 5.92 Å². The Morgan fingerprint density at radius 2 is 2.06 bits per heavy atom. The highest BCUT2D eigenvalue weighted by Gasteiger charge is 2.18. The minimum atomic E-state index is 0.558. The van der Waals surface area contributed by atoms with E-state index in [9.17, 15) is 0 Å². The van der Waals surface area contributed by atoms with Crippen LogP contribution in [-0.4, -0.2) is 16.5 Å². The Balaban J connectivity index is 1.87. The summed E-state index contributed by atoms with van der Waals surface area (Å²) in [6, 6.07) is 3.85. The van der Waals surface area contributed by atoms with E-state index >= 15 is 0 Å². The minimum Gasteiger partial charge on any atom is -0.244 e. The highest BCUT2D eigenvalue weighted by molar-refractivity contribution is 7.99. The van der Waals surface area contributed by atoms with E-state index in [-0.39, 0.29) is 0 Å². The summed E-state index contributed by atoms with van der Waals surface area (Å²) in [6.07, 6.45) is 13.9. The first kappa shape index (κ1) is 13.0. The van der Waals surface area contributed by atoms with Gasteiger partial charge in [0.2, 0.25) is 0 Å². The molecule has 0 aliphatic heterocycles. The summed E-state index contributed by atoms with van der Waals surface area (Å²) in [5.74, 6) is 0.745. The Bertz CT molecular complexity index is 366. The van der Waals surface area contributed by atoms with Crippen molar-refractivity contribution in [3.05, 3.63) is 35.1 Å². The van der Waals surface area contributed by atoms with Crippen LogP contribution >= 0.6 is 23.4 Å². The first-order valence-corrected chi connectivity index (χ1v) is 7.77. The topological polar surface area (TPSA) is 12.9 Å². The van der Waals surface area contributed by atoms with Crippen molar-refractivity contribution in [2.45, 2.75) is 30.9 Å². The maximum atomic E-state index is 5.76. The number of halogens is 1. The lowest BCUT2D eigenvalue weighted by Crippen LogP contribution is -2.14. The number of hydrogen-bond acceptors (Lipinski definition) is 2. The van der Waals surface area contributed by atoms with Gasteiger partial charge in [-0.1, -0.05) is 29.8 Å². The molecule has 92 valence electrons. The Morgan fingerprint density at radius 3 is 2.65 bits per heavy atom. The number of hydrogen-bond donors (Lipinski definition) is 0. The van der Waals surface area contributed by atoms with E-state index in [1.54, 1.807) is 0 Å². The number of pyridine rings is 1. The van der Waals surface area contributed by atoms with Crippen LogP contribution in [0.5, 0.6) is 0 Å². The molecule has 0 N–H and O–H groups in total. The van der Waals surface area contributed by atoms with E-state index < -0.39 is 0 Å². The van der Waals surface area contributed by atoms with Gasteiger partial charge in [-0.15, -0.1) is 0 Å². The van der Waals surface area contributed by atoms with Crippen LogP contribution in [0.1, 0.15) is 31.2 Å². The zero-order chi connectivity index (χ0) is 12.1. The fraction of sp³-hybridized carbons (Fsp3) is 0.500. The molecule has 0 saturated heterocycles. The summed E-state index contributed by atoms with van der Waals surface area (Å²) >= 11 is 7.77. The lowest BCUT2D eigenvalue weighted by Gasteiger charge is -2.25. The number of thioether (sulfide) groups is 1. The van der Waals surface area contributed by atoms with E-state index in [0.29, 0.717) is 5.15 Å². The fourth-order valence-corrected chi connectivity index (χ4v) is 3.11. The van der Waals surface area contributed by atoms with Crippen LogP contribution in [0, 0.1) is 5.92 Å². The van der Waals surface area contributed by atoms with Crippen molar-refractivity contribution in [1.82, 2.24) is 4.98 Å². The van der Waals surface area contributed by atoms with Gasteiger partial charge < -0.3 is 0 Å². The molecule has 1 aliphatic rings. The summed E-state index contributed by atoms with van der Waals surface area (Å²) in [6.45, 7) is 0. The molecule has 0 amide bonds. The van der Waals surface area contributed by atoms with E-state index in [0.717, 1.165) is 16.7 Å². The average molecular weight is 268 g/mol. The number of rotatable bonds is 3. The number of allylic oxidation sites excluding steroid dienone is 1. The predicted molar refractivity (Wildman–Crippen MR) is 77.5 cm³/mol. The molecule has 0 bridgehead atoms. The summed E-state index contributed by atoms with van der Waals surface area (Å²) in [7, 11) is 0. The van der Waals surface area contributed by atoms with Gasteiger partial charge in [0, 0.05) is 11.4 Å². The Labute approximate surface area is 113 Å². The molecule has 0 radical (unpaired) electrons. The maximum Gasteiger partial charge on any atom is 0.129 e. The highest BCUT2D eigenvalue weighted by atomic mass is 35.5. The van der Waals surface area contributed by atoms with Crippen LogP contribution in [0.15, 0.2) is 24.4 Å². The molecular formula is C14H18ClNS. The van der Waals surface area contributed by atoms with Crippen LogP contribution < -0.4 is 0 Å². The zero-order valence-electron chi connectivity index (χ0n) is 10.1. The molecular weight excluding hydrogens is 250 g/mol. The van der Waals surface area contributed by atoms with Gasteiger partial charge in [-0.25, -0.2) is 4.98 Å². The smallest absolute Gasteiger partial charge is 0.129 e. The Morgan fingerprint density at radius 1 is 1.29 bits per heavy atom. The SMILES string of the molecule is CSC1CCC(/C=C/c2ccc(Cl)nc2)CC1. The molecule has 3 heteroatoms. The third kappa shape index (κ3) is 4.04. The normalized spacial score (nSPS) is 25.3. The molecule has 0 spiro atoms. The highest BCUT2D eigenvalue weighted by Crippen LogP contribution is 2.31. The predicted octanol–water partition coefficient (Wildman–Crippen LogP) is 4.67. The second-order valence-electron chi connectivity index (χ2n) is 4.55. The van der Waals surface area contributed by atoms with Gasteiger partial charge in [-0.2, -0.15) is 11.8 Å². The van der Waals surface area contributed by atoms with Gasteiger partial charge in [-0.05, 0) is 49.5 Å². The van der Waals surface area contributed by atoms with Crippen LogP contribution in [0.25, 0.3) is 6.08 Å². The zero-order valence-corrected chi connectivity index (χ0v) is 11.7. The number of nitrogens with zero attached hydrogens (tertiary/aromatic N) is 1. The summed E-state index contributed by atoms with van der Waals surface area (Å²) < 4.78 is 0. The molecule has 1 aliphatic carbocycles. The molecule has 0 unspecified atom stereocenters. The van der Waals surface area contributed by atoms with Gasteiger partial charge >= 0.3 is 0 Å². The lowest BCUT2D eigenvalue weighted by atomic mass is 9.88. The summed E-state index contributed by atoms with van der Waals surface area (Å²) in [4.78, 5) is 4.08. The van der Waals surface area contributed by atoms with E-state index in [4.69, 9.17) is 11.6 Å². The second-order valence-corrected chi connectivity index (χ2v) is 6.07. The third-order valence-electron chi connectivity index (χ3n) is 3.36. The van der Waals surface area contributed by atoms with E-state index in [1.165, 1.54) is 25.7 Å². The molecule has 0 aromatic carbocycles. The van der Waals surface area contributed by atoms with Crippen molar-refractivity contribution >= 4 is 29.4 Å². The minimum absolute atomic E-state index is 0.558. The molecule has 2 rings (SSSR count). The molecule has 1 aromatic heterocycles. The van der Waals surface area contributed by atoms with E-state index in [1.807, 2.05) is 30.1 Å². The van der Waals surface area contributed by atoms with Crippen molar-refractivity contribution in [1.29, 1.82) is 0 Å². The molecule has 1 nitrogen and oxygen atoms in total. The van der Waals surface area contributed by atoms with Gasteiger partial charge in [0.1, 0.15) is 5.15 Å². The van der Waals surface area contributed by atoms with Gasteiger partial charge in [0.25, 0.3) is 0 Å². The third-order valence-corrected chi connectivity index (χ3v) is 4.72. The van der Waals surface area contributed by atoms with Crippen molar-refractivity contribution < 1.29 is 0 Å². The van der Waals surface area contributed by atoms with Crippen LogP contribution in [0.2, 0.25) is 5.15 Å². The van der Waals surface area contributed by atoms with Crippen LogP contribution in [-0.2, 0) is 0 Å². The molecule has 1 heterocycles. The van der Waals surface area contributed by atoms with Crippen molar-refractivity contribution in [2.75, 3.05) is 6.26 Å². The van der Waals surface area contributed by atoms with Crippen molar-refractivity contribution in [3.8, 4) is 0 Å². The maximum absolute atomic E-state index is 5.76. The standard InChI is InChI=1S/C14H18ClNS/c1-17-13-7-4-11(5-8-13)2-3-12-6-9-14(15)16-10-12/h2-3,6,9-11,13H,4-5,7-8H2,1H3/b3-2+. The molecule has 1 aromatic rings. The van der Waals surface area contributed by atoms with Crippen LogP contribution in [0.4, 0.5) is 0 Å². The summed E-state index contributed by atoms with van der Waals surface area (Å²) in [5.41, 5.74) is 1.14.